The van der Waals surface area contributed by atoms with Gasteiger partial charge in [0.1, 0.15) is 17.2 Å². The highest BCUT2D eigenvalue weighted by Gasteiger charge is 2.52. The third-order valence-electron chi connectivity index (χ3n) is 8.87. The summed E-state index contributed by atoms with van der Waals surface area (Å²) in [6.07, 6.45) is 3.75. The van der Waals surface area contributed by atoms with E-state index in [9.17, 15) is 19.2 Å². The van der Waals surface area contributed by atoms with Gasteiger partial charge in [-0.15, -0.1) is 11.3 Å². The number of ether oxygens (including phenoxy) is 2. The van der Waals surface area contributed by atoms with Crippen LogP contribution in [0.1, 0.15) is 77.1 Å². The fourth-order valence-electron chi connectivity index (χ4n) is 7.03. The second-order valence-corrected chi connectivity index (χ2v) is 14.3. The lowest BCUT2D eigenvalue weighted by Crippen LogP contribution is -2.54. The highest BCUT2D eigenvalue weighted by Crippen LogP contribution is 2.44. The van der Waals surface area contributed by atoms with Crippen LogP contribution in [0.2, 0.25) is 0 Å². The molecule has 10 nitrogen and oxygen atoms in total. The van der Waals surface area contributed by atoms with Crippen LogP contribution < -0.4 is 5.32 Å². The Morgan fingerprint density at radius 3 is 2.53 bits per heavy atom. The van der Waals surface area contributed by atoms with E-state index in [4.69, 9.17) is 9.47 Å². The number of rotatable bonds is 6. The van der Waals surface area contributed by atoms with Crippen molar-refractivity contribution in [3.63, 3.8) is 0 Å². The fourth-order valence-corrected chi connectivity index (χ4v) is 8.11. The van der Waals surface area contributed by atoms with Crippen LogP contribution in [-0.2, 0) is 19.1 Å². The van der Waals surface area contributed by atoms with Crippen LogP contribution in [0.4, 0.5) is 9.80 Å². The highest BCUT2D eigenvalue weighted by atomic mass is 32.1. The maximum atomic E-state index is 13.9. The number of nitrogens with one attached hydrogen (secondary N) is 1. The number of amides is 3. The number of hydrogen-bond acceptors (Lipinski definition) is 8. The molecule has 43 heavy (non-hydrogen) atoms. The van der Waals surface area contributed by atoms with Gasteiger partial charge in [-0.3, -0.25) is 24.6 Å². The van der Waals surface area contributed by atoms with Gasteiger partial charge in [-0.05, 0) is 72.4 Å². The van der Waals surface area contributed by atoms with Gasteiger partial charge < -0.3 is 19.3 Å². The lowest BCUT2D eigenvalue weighted by atomic mass is 9.76. The maximum absolute atomic E-state index is 13.9. The van der Waals surface area contributed by atoms with Crippen LogP contribution in [0.5, 0.6) is 0 Å². The first-order valence-electron chi connectivity index (χ1n) is 15.4. The zero-order valence-electron chi connectivity index (χ0n) is 25.9. The number of fused-ring (bicyclic) bond motifs is 1. The topological polar surface area (TPSA) is 108 Å². The molecule has 0 aliphatic carbocycles. The van der Waals surface area contributed by atoms with E-state index in [2.05, 4.69) is 17.1 Å². The minimum absolute atomic E-state index is 0.0831. The Balaban J connectivity index is 1.24. The molecule has 11 heteroatoms. The third-order valence-corrected chi connectivity index (χ3v) is 9.95. The molecule has 1 aromatic heterocycles. The van der Waals surface area contributed by atoms with Crippen LogP contribution in [0, 0.1) is 5.41 Å². The number of benzene rings is 1. The van der Waals surface area contributed by atoms with E-state index in [1.54, 1.807) is 0 Å². The van der Waals surface area contributed by atoms with Gasteiger partial charge >= 0.3 is 12.1 Å². The summed E-state index contributed by atoms with van der Waals surface area (Å²) < 4.78 is 11.5. The van der Waals surface area contributed by atoms with E-state index in [1.165, 1.54) is 18.3 Å². The number of thiophene rings is 1. The first kappa shape index (κ1) is 31.3. The quantitative estimate of drug-likeness (QED) is 0.451. The molecule has 0 radical (unpaired) electrons. The van der Waals surface area contributed by atoms with Gasteiger partial charge in [0, 0.05) is 48.7 Å². The summed E-state index contributed by atoms with van der Waals surface area (Å²) >= 11 is 1.38. The van der Waals surface area contributed by atoms with Crippen LogP contribution in [0.15, 0.2) is 24.3 Å². The molecule has 3 fully saturated rings. The lowest BCUT2D eigenvalue weighted by molar-refractivity contribution is -0.146. The molecule has 234 valence electrons. The molecule has 2 aromatic rings. The number of carbonyl (C=O) groups is 4. The van der Waals surface area contributed by atoms with Crippen molar-refractivity contribution in [1.82, 2.24) is 14.7 Å². The predicted molar refractivity (Wildman–Crippen MR) is 166 cm³/mol. The van der Waals surface area contributed by atoms with Crippen molar-refractivity contribution in [2.24, 2.45) is 5.41 Å². The Morgan fingerprint density at radius 1 is 1.12 bits per heavy atom. The van der Waals surface area contributed by atoms with E-state index in [0.717, 1.165) is 55.3 Å². The summed E-state index contributed by atoms with van der Waals surface area (Å²) in [5.74, 6) is -0.232. The van der Waals surface area contributed by atoms with Gasteiger partial charge in [-0.25, -0.2) is 4.79 Å². The molecule has 3 aliphatic rings. The van der Waals surface area contributed by atoms with Gasteiger partial charge in [0.25, 0.3) is 5.91 Å². The molecule has 1 spiro atoms. The number of esters is 1. The molecule has 3 saturated heterocycles. The number of hydrogen-bond donors (Lipinski definition) is 1. The van der Waals surface area contributed by atoms with Crippen molar-refractivity contribution in [2.75, 3.05) is 44.6 Å². The Morgan fingerprint density at radius 2 is 1.84 bits per heavy atom. The van der Waals surface area contributed by atoms with Crippen molar-refractivity contribution in [3.8, 4) is 0 Å². The van der Waals surface area contributed by atoms with Crippen molar-refractivity contribution in [1.29, 1.82) is 0 Å². The lowest BCUT2D eigenvalue weighted by Gasteiger charge is -2.45. The Labute approximate surface area is 257 Å². The van der Waals surface area contributed by atoms with E-state index in [0.29, 0.717) is 36.2 Å². The molecule has 1 aromatic carbocycles. The smallest absolute Gasteiger partial charge is 0.412 e. The SMILES string of the molecule is CC(=O)OCCN1C(=O)C2(CCCN(C3CCN(C(=O)c4c(NC(=O)OC(C)(C)C)sc5ccccc45)CC3)C2)CC1C. The molecule has 0 bridgehead atoms. The summed E-state index contributed by atoms with van der Waals surface area (Å²) in [6, 6.07) is 8.14. The Hall–Kier alpha value is -3.18. The molecule has 3 amide bonds. The summed E-state index contributed by atoms with van der Waals surface area (Å²) in [5, 5.41) is 4.17. The monoisotopic (exact) mass is 612 g/mol. The van der Waals surface area contributed by atoms with Gasteiger partial charge in [0.15, 0.2) is 0 Å². The molecule has 0 saturated carbocycles. The van der Waals surface area contributed by atoms with E-state index < -0.39 is 17.1 Å². The number of anilines is 1. The number of carbonyl (C=O) groups excluding carboxylic acids is 4. The largest absolute Gasteiger partial charge is 0.464 e. The molecule has 3 aliphatic heterocycles. The van der Waals surface area contributed by atoms with E-state index in [-0.39, 0.29) is 30.4 Å². The second-order valence-electron chi connectivity index (χ2n) is 13.2. The van der Waals surface area contributed by atoms with Crippen LogP contribution >= 0.6 is 11.3 Å². The molecule has 1 N–H and O–H groups in total. The van der Waals surface area contributed by atoms with E-state index >= 15 is 0 Å². The summed E-state index contributed by atoms with van der Waals surface area (Å²) in [6.45, 7) is 12.5. The van der Waals surface area contributed by atoms with Crippen molar-refractivity contribution in [3.05, 3.63) is 29.8 Å². The minimum Gasteiger partial charge on any atom is -0.464 e. The van der Waals surface area contributed by atoms with Crippen molar-refractivity contribution >= 4 is 50.3 Å². The molecule has 2 atom stereocenters. The predicted octanol–water partition coefficient (Wildman–Crippen LogP) is 5.12. The average molecular weight is 613 g/mol. The second kappa shape index (κ2) is 12.4. The van der Waals surface area contributed by atoms with Gasteiger partial charge in [-0.2, -0.15) is 0 Å². The fraction of sp³-hybridized carbons (Fsp3) is 0.625. The van der Waals surface area contributed by atoms with Gasteiger partial charge in [0.05, 0.1) is 17.5 Å². The minimum atomic E-state index is -0.650. The summed E-state index contributed by atoms with van der Waals surface area (Å²) in [5.41, 5.74) is -0.525. The van der Waals surface area contributed by atoms with Crippen molar-refractivity contribution < 1.29 is 28.7 Å². The number of piperidine rings is 2. The maximum Gasteiger partial charge on any atom is 0.412 e. The third kappa shape index (κ3) is 6.82. The Kier molecular flexibility index (Phi) is 9.04. The number of likely N-dealkylation sites (tertiary alicyclic amines) is 3. The first-order chi connectivity index (χ1) is 20.4. The zero-order chi connectivity index (χ0) is 30.9. The highest BCUT2D eigenvalue weighted by molar-refractivity contribution is 7.23. The molecule has 4 heterocycles. The van der Waals surface area contributed by atoms with Crippen LogP contribution in [0.25, 0.3) is 10.1 Å². The first-order valence-corrected chi connectivity index (χ1v) is 16.2. The van der Waals surface area contributed by atoms with Crippen LogP contribution in [-0.4, -0.2) is 95.6 Å². The van der Waals surface area contributed by atoms with Gasteiger partial charge in [-0.1, -0.05) is 18.2 Å². The molecule has 2 unspecified atom stereocenters. The van der Waals surface area contributed by atoms with E-state index in [1.807, 2.05) is 54.8 Å². The Bertz CT molecular complexity index is 1380. The zero-order valence-corrected chi connectivity index (χ0v) is 26.8. The van der Waals surface area contributed by atoms with Crippen LogP contribution in [0.3, 0.4) is 0 Å². The summed E-state index contributed by atoms with van der Waals surface area (Å²) in [7, 11) is 0. The normalized spacial score (nSPS) is 23.7. The van der Waals surface area contributed by atoms with Gasteiger partial charge in [0.2, 0.25) is 5.91 Å². The molecule has 5 rings (SSSR count). The summed E-state index contributed by atoms with van der Waals surface area (Å²) in [4.78, 5) is 57.7. The number of nitrogens with zero attached hydrogens (tertiary/aromatic N) is 3. The average Bonchev–Trinajstić information content (AvgIpc) is 3.41. The molecular formula is C32H44N4O6S. The standard InChI is InChI=1S/C32H44N4O6S/c1-21-19-32(29(39)36(21)17-18-41-22(2)37)13-8-14-35(20-32)23-11-15-34(16-12-23)28(38)26-24-9-6-7-10-25(24)43-27(26)33-30(40)42-31(3,4)5/h6-7,9-10,21,23H,8,11-20H2,1-5H3,(H,33,40). The molecular weight excluding hydrogens is 568 g/mol. The van der Waals surface area contributed by atoms with Crippen molar-refractivity contribution in [2.45, 2.75) is 84.4 Å².